The molecule has 0 bridgehead atoms. The second-order valence-electron chi connectivity index (χ2n) is 7.49. The van der Waals surface area contributed by atoms with Crippen LogP contribution in [-0.2, 0) is 17.8 Å². The Kier molecular flexibility index (Phi) is 3.82. The van der Waals surface area contributed by atoms with Gasteiger partial charge in [-0.2, -0.15) is 0 Å². The number of aryl methyl sites for hydroxylation is 1. The van der Waals surface area contributed by atoms with Gasteiger partial charge in [0, 0.05) is 47.6 Å². The van der Waals surface area contributed by atoms with E-state index in [2.05, 4.69) is 22.4 Å². The lowest BCUT2D eigenvalue weighted by molar-refractivity contribution is -0.117. The topological polar surface area (TPSA) is 65.2 Å². The molecule has 0 unspecified atom stereocenters. The number of hydrogen-bond donors (Lipinski definition) is 2. The van der Waals surface area contributed by atoms with Crippen LogP contribution < -0.4 is 5.32 Å². The highest BCUT2D eigenvalue weighted by molar-refractivity contribution is 7.18. The fourth-order valence-corrected chi connectivity index (χ4v) is 4.85. The maximum atomic E-state index is 13.1. The number of anilines is 1. The van der Waals surface area contributed by atoms with Gasteiger partial charge < -0.3 is 15.2 Å². The van der Waals surface area contributed by atoms with E-state index in [0.717, 1.165) is 40.2 Å². The average Bonchev–Trinajstić information content (AvgIpc) is 3.37. The first-order valence-corrected chi connectivity index (χ1v) is 10.2. The van der Waals surface area contributed by atoms with Crippen molar-refractivity contribution in [3.8, 4) is 0 Å². The quantitative estimate of drug-likeness (QED) is 0.720. The molecule has 1 fully saturated rings. The van der Waals surface area contributed by atoms with Crippen molar-refractivity contribution >= 4 is 39.1 Å². The number of carbonyl (C=O) groups is 2. The van der Waals surface area contributed by atoms with Crippen LogP contribution in [0.4, 0.5) is 5.00 Å². The summed E-state index contributed by atoms with van der Waals surface area (Å²) in [6, 6.07) is 10.2. The number of aromatic amines is 1. The van der Waals surface area contributed by atoms with Gasteiger partial charge in [0.15, 0.2) is 0 Å². The van der Waals surface area contributed by atoms with Crippen LogP contribution in [0.25, 0.3) is 10.9 Å². The minimum absolute atomic E-state index is 0.0559. The number of para-hydroxylation sites is 1. The zero-order chi connectivity index (χ0) is 18.5. The molecule has 0 atom stereocenters. The number of H-pyrrole nitrogens is 1. The van der Waals surface area contributed by atoms with Gasteiger partial charge in [-0.15, -0.1) is 11.3 Å². The molecule has 138 valence electrons. The van der Waals surface area contributed by atoms with Crippen molar-refractivity contribution in [1.82, 2.24) is 9.88 Å². The van der Waals surface area contributed by atoms with Crippen LogP contribution in [0, 0.1) is 12.8 Å². The van der Waals surface area contributed by atoms with Crippen molar-refractivity contribution in [2.75, 3.05) is 11.9 Å². The van der Waals surface area contributed by atoms with Gasteiger partial charge >= 0.3 is 0 Å². The number of fused-ring (bicyclic) bond motifs is 3. The lowest BCUT2D eigenvalue weighted by atomic mass is 10.0. The van der Waals surface area contributed by atoms with Crippen LogP contribution in [0.3, 0.4) is 0 Å². The smallest absolute Gasteiger partial charge is 0.264 e. The lowest BCUT2D eigenvalue weighted by Gasteiger charge is -2.27. The summed E-state index contributed by atoms with van der Waals surface area (Å²) in [6.07, 6.45) is 2.79. The van der Waals surface area contributed by atoms with Crippen LogP contribution >= 0.6 is 11.3 Å². The standard InChI is InChI=1S/C21H21N3O2S/c1-12-10-18(23-20(25)13-6-7-13)27-19(12)21(26)24-9-8-17-15(11-24)14-4-2-3-5-16(14)22-17/h2-5,10,13,22H,6-9,11H2,1H3,(H,23,25). The summed E-state index contributed by atoms with van der Waals surface area (Å²) < 4.78 is 0. The van der Waals surface area contributed by atoms with Gasteiger partial charge in [0.1, 0.15) is 0 Å². The van der Waals surface area contributed by atoms with E-state index in [1.54, 1.807) is 0 Å². The molecular weight excluding hydrogens is 358 g/mol. The fraction of sp³-hybridized carbons (Fsp3) is 0.333. The molecule has 5 nitrogen and oxygen atoms in total. The van der Waals surface area contributed by atoms with Gasteiger partial charge in [0.25, 0.3) is 5.91 Å². The Morgan fingerprint density at radius 3 is 2.89 bits per heavy atom. The van der Waals surface area contributed by atoms with E-state index in [9.17, 15) is 9.59 Å². The number of thiophene rings is 1. The van der Waals surface area contributed by atoms with Crippen molar-refractivity contribution in [2.45, 2.75) is 32.7 Å². The maximum absolute atomic E-state index is 13.1. The number of amides is 2. The van der Waals surface area contributed by atoms with E-state index in [0.29, 0.717) is 13.1 Å². The van der Waals surface area contributed by atoms with Gasteiger partial charge in [-0.25, -0.2) is 0 Å². The summed E-state index contributed by atoms with van der Waals surface area (Å²) in [5, 5.41) is 4.94. The normalized spacial score (nSPS) is 16.4. The number of benzene rings is 1. The fourth-order valence-electron chi connectivity index (χ4n) is 3.81. The molecule has 2 aliphatic rings. The van der Waals surface area contributed by atoms with Crippen LogP contribution in [0.5, 0.6) is 0 Å². The number of nitrogens with zero attached hydrogens (tertiary/aromatic N) is 1. The summed E-state index contributed by atoms with van der Waals surface area (Å²) in [5.74, 6) is 0.297. The molecule has 0 radical (unpaired) electrons. The lowest BCUT2D eigenvalue weighted by Crippen LogP contribution is -2.35. The Balaban J connectivity index is 1.38. The molecule has 1 aliphatic heterocycles. The highest BCUT2D eigenvalue weighted by atomic mass is 32.1. The molecule has 27 heavy (non-hydrogen) atoms. The van der Waals surface area contributed by atoms with Crippen LogP contribution in [-0.4, -0.2) is 28.2 Å². The van der Waals surface area contributed by atoms with Crippen LogP contribution in [0.1, 0.15) is 39.3 Å². The Labute approximate surface area is 161 Å². The molecule has 5 rings (SSSR count). The molecule has 0 spiro atoms. The molecule has 2 amide bonds. The van der Waals surface area contributed by atoms with E-state index < -0.39 is 0 Å². The average molecular weight is 379 g/mol. The first kappa shape index (κ1) is 16.6. The molecule has 1 aliphatic carbocycles. The first-order valence-electron chi connectivity index (χ1n) is 9.39. The van der Waals surface area contributed by atoms with Gasteiger partial charge in [0.2, 0.25) is 5.91 Å². The second-order valence-corrected chi connectivity index (χ2v) is 8.54. The van der Waals surface area contributed by atoms with Crippen molar-refractivity contribution < 1.29 is 9.59 Å². The van der Waals surface area contributed by atoms with Crippen molar-refractivity contribution in [2.24, 2.45) is 5.92 Å². The highest BCUT2D eigenvalue weighted by Crippen LogP contribution is 2.34. The molecule has 0 saturated heterocycles. The van der Waals surface area contributed by atoms with E-state index in [-0.39, 0.29) is 17.7 Å². The zero-order valence-electron chi connectivity index (χ0n) is 15.2. The number of aromatic nitrogens is 1. The van der Waals surface area contributed by atoms with E-state index >= 15 is 0 Å². The molecule has 2 aromatic heterocycles. The number of rotatable bonds is 3. The Morgan fingerprint density at radius 1 is 1.26 bits per heavy atom. The number of nitrogens with one attached hydrogen (secondary N) is 2. The Hall–Kier alpha value is -2.60. The summed E-state index contributed by atoms with van der Waals surface area (Å²) in [5.41, 5.74) is 4.53. The summed E-state index contributed by atoms with van der Waals surface area (Å²) in [6.45, 7) is 3.27. The van der Waals surface area contributed by atoms with E-state index in [1.807, 2.05) is 30.0 Å². The molecule has 1 aromatic carbocycles. The van der Waals surface area contributed by atoms with Crippen LogP contribution in [0.15, 0.2) is 30.3 Å². The Morgan fingerprint density at radius 2 is 2.07 bits per heavy atom. The molecule has 6 heteroatoms. The summed E-state index contributed by atoms with van der Waals surface area (Å²) in [7, 11) is 0. The highest BCUT2D eigenvalue weighted by Gasteiger charge is 2.31. The van der Waals surface area contributed by atoms with E-state index in [1.165, 1.54) is 28.0 Å². The largest absolute Gasteiger partial charge is 0.358 e. The van der Waals surface area contributed by atoms with Crippen LogP contribution in [0.2, 0.25) is 0 Å². The van der Waals surface area contributed by atoms with Gasteiger partial charge in [-0.05, 0) is 37.5 Å². The van der Waals surface area contributed by atoms with Crippen molar-refractivity contribution in [3.63, 3.8) is 0 Å². The minimum Gasteiger partial charge on any atom is -0.358 e. The second kappa shape index (κ2) is 6.23. The molecule has 3 aromatic rings. The van der Waals surface area contributed by atoms with E-state index in [4.69, 9.17) is 0 Å². The number of hydrogen-bond acceptors (Lipinski definition) is 3. The monoisotopic (exact) mass is 379 g/mol. The third-order valence-corrected chi connectivity index (χ3v) is 6.62. The van der Waals surface area contributed by atoms with Crippen molar-refractivity contribution in [1.29, 1.82) is 0 Å². The molecular formula is C21H21N3O2S. The predicted octanol–water partition coefficient (Wildman–Crippen LogP) is 4.08. The summed E-state index contributed by atoms with van der Waals surface area (Å²) in [4.78, 5) is 31.3. The Bertz CT molecular complexity index is 1060. The third-order valence-electron chi connectivity index (χ3n) is 5.48. The first-order chi connectivity index (χ1) is 13.1. The van der Waals surface area contributed by atoms with Gasteiger partial charge in [-0.3, -0.25) is 9.59 Å². The van der Waals surface area contributed by atoms with Crippen molar-refractivity contribution in [3.05, 3.63) is 52.0 Å². The third kappa shape index (κ3) is 2.94. The summed E-state index contributed by atoms with van der Waals surface area (Å²) >= 11 is 1.39. The predicted molar refractivity (Wildman–Crippen MR) is 107 cm³/mol. The van der Waals surface area contributed by atoms with Gasteiger partial charge in [-0.1, -0.05) is 18.2 Å². The number of carbonyl (C=O) groups excluding carboxylic acids is 2. The van der Waals surface area contributed by atoms with Gasteiger partial charge in [0.05, 0.1) is 9.88 Å². The zero-order valence-corrected chi connectivity index (χ0v) is 16.0. The molecule has 3 heterocycles. The minimum atomic E-state index is 0.0559. The molecule has 1 saturated carbocycles. The molecule has 2 N–H and O–H groups in total. The maximum Gasteiger partial charge on any atom is 0.264 e. The SMILES string of the molecule is Cc1cc(NC(=O)C2CC2)sc1C(=O)N1CCc2[nH]c3ccccc3c2C1.